The van der Waals surface area contributed by atoms with Gasteiger partial charge in [-0.3, -0.25) is 9.59 Å². The average Bonchev–Trinajstić information content (AvgIpc) is 2.88. The molecule has 2 aromatic rings. The first-order valence-electron chi connectivity index (χ1n) is 8.82. The molecular weight excluding hydrogens is 358 g/mol. The summed E-state index contributed by atoms with van der Waals surface area (Å²) >= 11 is 1.30. The highest BCUT2D eigenvalue weighted by Gasteiger charge is 2.32. The van der Waals surface area contributed by atoms with Crippen LogP contribution in [-0.4, -0.2) is 22.2 Å². The molecule has 2 aromatic carbocycles. The van der Waals surface area contributed by atoms with E-state index in [4.69, 9.17) is 0 Å². The zero-order valence-corrected chi connectivity index (χ0v) is 16.7. The molecule has 0 bridgehead atoms. The van der Waals surface area contributed by atoms with E-state index in [0.29, 0.717) is 5.17 Å². The van der Waals surface area contributed by atoms with Gasteiger partial charge in [-0.1, -0.05) is 35.5 Å². The predicted octanol–water partition coefficient (Wildman–Crippen LogP) is 4.17. The van der Waals surface area contributed by atoms with Crippen molar-refractivity contribution in [3.63, 3.8) is 0 Å². The van der Waals surface area contributed by atoms with E-state index in [-0.39, 0.29) is 18.2 Å². The fourth-order valence-corrected chi connectivity index (χ4v) is 4.04. The van der Waals surface area contributed by atoms with Gasteiger partial charge in [-0.15, -0.1) is 0 Å². The first-order chi connectivity index (χ1) is 12.8. The van der Waals surface area contributed by atoms with E-state index >= 15 is 0 Å². The van der Waals surface area contributed by atoms with Crippen LogP contribution in [0.15, 0.2) is 41.4 Å². The van der Waals surface area contributed by atoms with Crippen molar-refractivity contribution in [1.29, 1.82) is 0 Å². The average molecular weight is 382 g/mol. The van der Waals surface area contributed by atoms with Crippen LogP contribution in [0, 0.1) is 27.7 Å². The van der Waals surface area contributed by atoms with Gasteiger partial charge in [0.05, 0.1) is 5.69 Å². The summed E-state index contributed by atoms with van der Waals surface area (Å²) in [5, 5.41) is 5.73. The molecule has 1 aliphatic rings. The number of nitrogens with one attached hydrogen (secondary N) is 2. The van der Waals surface area contributed by atoms with Gasteiger partial charge in [0.2, 0.25) is 11.8 Å². The number of aryl methyl sites for hydroxylation is 4. The molecule has 5 nitrogen and oxygen atoms in total. The Morgan fingerprint density at radius 1 is 1.07 bits per heavy atom. The molecule has 1 atom stereocenters. The minimum absolute atomic E-state index is 0.107. The van der Waals surface area contributed by atoms with E-state index in [2.05, 4.69) is 21.7 Å². The van der Waals surface area contributed by atoms with Crippen molar-refractivity contribution < 1.29 is 9.59 Å². The molecule has 1 saturated heterocycles. The molecule has 1 fully saturated rings. The van der Waals surface area contributed by atoms with Gasteiger partial charge in [0.25, 0.3) is 0 Å². The fraction of sp³-hybridized carbons (Fsp3) is 0.286. The van der Waals surface area contributed by atoms with E-state index in [1.165, 1.54) is 11.8 Å². The van der Waals surface area contributed by atoms with Crippen LogP contribution in [0.3, 0.4) is 0 Å². The zero-order chi connectivity index (χ0) is 19.6. The zero-order valence-electron chi connectivity index (χ0n) is 15.9. The molecule has 0 aromatic heterocycles. The van der Waals surface area contributed by atoms with Gasteiger partial charge in [0.15, 0.2) is 5.17 Å². The van der Waals surface area contributed by atoms with Gasteiger partial charge >= 0.3 is 0 Å². The van der Waals surface area contributed by atoms with E-state index in [1.807, 2.05) is 58.0 Å². The number of aliphatic imine (C=N–C) groups is 1. The van der Waals surface area contributed by atoms with E-state index in [1.54, 1.807) is 0 Å². The van der Waals surface area contributed by atoms with Crippen LogP contribution in [-0.2, 0) is 9.59 Å². The van der Waals surface area contributed by atoms with E-state index in [0.717, 1.165) is 33.6 Å². The first kappa shape index (κ1) is 19.2. The summed E-state index contributed by atoms with van der Waals surface area (Å²) in [7, 11) is 0. The molecule has 0 aliphatic carbocycles. The van der Waals surface area contributed by atoms with E-state index in [9.17, 15) is 9.59 Å². The largest absolute Gasteiger partial charge is 0.326 e. The van der Waals surface area contributed by atoms with Crippen molar-refractivity contribution >= 4 is 40.1 Å². The van der Waals surface area contributed by atoms with Crippen molar-refractivity contribution in [3.05, 3.63) is 58.7 Å². The minimum Gasteiger partial charge on any atom is -0.326 e. The number of benzene rings is 2. The number of thioether (sulfide) groups is 1. The molecule has 0 unspecified atom stereocenters. The number of nitrogens with zero attached hydrogens (tertiary/aromatic N) is 1. The van der Waals surface area contributed by atoms with Crippen molar-refractivity contribution in [2.75, 3.05) is 5.32 Å². The minimum atomic E-state index is -0.472. The van der Waals surface area contributed by atoms with Gasteiger partial charge in [-0.25, -0.2) is 4.99 Å². The third-order valence-electron chi connectivity index (χ3n) is 4.24. The molecule has 1 heterocycles. The van der Waals surface area contributed by atoms with Crippen LogP contribution in [0.2, 0.25) is 0 Å². The topological polar surface area (TPSA) is 70.6 Å². The second-order valence-corrected chi connectivity index (χ2v) is 8.12. The first-order valence-corrected chi connectivity index (χ1v) is 9.70. The quantitative estimate of drug-likeness (QED) is 0.835. The van der Waals surface area contributed by atoms with Gasteiger partial charge < -0.3 is 10.6 Å². The van der Waals surface area contributed by atoms with Crippen molar-refractivity contribution in [1.82, 2.24) is 5.32 Å². The van der Waals surface area contributed by atoms with Crippen LogP contribution in [0.4, 0.5) is 11.4 Å². The third kappa shape index (κ3) is 4.98. The molecule has 27 heavy (non-hydrogen) atoms. The molecular formula is C21H23N3O2S. The Morgan fingerprint density at radius 3 is 2.44 bits per heavy atom. The molecule has 0 spiro atoms. The van der Waals surface area contributed by atoms with Crippen LogP contribution in [0.5, 0.6) is 0 Å². The number of amides is 2. The summed E-state index contributed by atoms with van der Waals surface area (Å²) in [4.78, 5) is 29.1. The highest BCUT2D eigenvalue weighted by atomic mass is 32.2. The second-order valence-electron chi connectivity index (χ2n) is 6.93. The predicted molar refractivity (Wildman–Crippen MR) is 112 cm³/mol. The maximum Gasteiger partial charge on any atom is 0.240 e. The van der Waals surface area contributed by atoms with Crippen molar-refractivity contribution in [2.24, 2.45) is 4.99 Å². The summed E-state index contributed by atoms with van der Waals surface area (Å²) in [6.07, 6.45) is 0.107. The maximum absolute atomic E-state index is 12.4. The Balaban J connectivity index is 1.65. The normalized spacial score (nSPS) is 17.9. The molecule has 3 rings (SSSR count). The van der Waals surface area contributed by atoms with Crippen LogP contribution in [0.1, 0.15) is 28.7 Å². The summed E-state index contributed by atoms with van der Waals surface area (Å²) in [6, 6.07) is 11.9. The van der Waals surface area contributed by atoms with Gasteiger partial charge in [0.1, 0.15) is 5.25 Å². The third-order valence-corrected chi connectivity index (χ3v) is 5.32. The van der Waals surface area contributed by atoms with Crippen LogP contribution in [0.25, 0.3) is 0 Å². The molecule has 0 saturated carbocycles. The highest BCUT2D eigenvalue weighted by molar-refractivity contribution is 8.15. The van der Waals surface area contributed by atoms with Gasteiger partial charge in [-0.05, 0) is 62.6 Å². The summed E-state index contributed by atoms with van der Waals surface area (Å²) in [5.74, 6) is -0.360. The lowest BCUT2D eigenvalue weighted by molar-refractivity contribution is -0.122. The lowest BCUT2D eigenvalue weighted by Crippen LogP contribution is -2.28. The smallest absolute Gasteiger partial charge is 0.240 e. The standard InChI is InChI=1S/C21H23N3O2S/c1-12-5-6-17(15(4)8-12)23-19(25)11-18-20(26)24-21(27-18)22-16-9-13(2)7-14(3)10-16/h5-10,18H,11H2,1-4H3,(H,23,25)(H,22,24,26)/t18-/m0/s1. The summed E-state index contributed by atoms with van der Waals surface area (Å²) < 4.78 is 0. The van der Waals surface area contributed by atoms with Crippen molar-refractivity contribution in [3.8, 4) is 0 Å². The number of amidine groups is 1. The Hall–Kier alpha value is -2.60. The Morgan fingerprint density at radius 2 is 1.78 bits per heavy atom. The Kier molecular flexibility index (Phi) is 5.65. The van der Waals surface area contributed by atoms with E-state index < -0.39 is 5.25 Å². The SMILES string of the molecule is Cc1cc(C)cc(N=C2NC(=O)[C@H](CC(=O)Nc3ccc(C)cc3C)S2)c1. The molecule has 1 aliphatic heterocycles. The number of anilines is 1. The summed E-state index contributed by atoms with van der Waals surface area (Å²) in [6.45, 7) is 7.98. The number of rotatable bonds is 4. The molecule has 6 heteroatoms. The fourth-order valence-electron chi connectivity index (χ4n) is 3.05. The number of hydrogen-bond acceptors (Lipinski definition) is 4. The maximum atomic E-state index is 12.4. The van der Waals surface area contributed by atoms with Crippen LogP contribution < -0.4 is 10.6 Å². The Labute approximate surface area is 163 Å². The Bertz CT molecular complexity index is 917. The highest BCUT2D eigenvalue weighted by Crippen LogP contribution is 2.27. The number of hydrogen-bond donors (Lipinski definition) is 2. The summed E-state index contributed by atoms with van der Waals surface area (Å²) in [5.41, 5.74) is 5.96. The van der Waals surface area contributed by atoms with Crippen molar-refractivity contribution in [2.45, 2.75) is 39.4 Å². The molecule has 2 N–H and O–H groups in total. The van der Waals surface area contributed by atoms with Crippen LogP contribution >= 0.6 is 11.8 Å². The lowest BCUT2D eigenvalue weighted by atomic mass is 10.1. The number of carbonyl (C=O) groups excluding carboxylic acids is 2. The lowest BCUT2D eigenvalue weighted by Gasteiger charge is -2.10. The molecule has 0 radical (unpaired) electrons. The molecule has 2 amide bonds. The van der Waals surface area contributed by atoms with Gasteiger partial charge in [-0.2, -0.15) is 0 Å². The number of carbonyl (C=O) groups is 2. The monoisotopic (exact) mass is 381 g/mol. The second kappa shape index (κ2) is 7.96. The molecule has 140 valence electrons. The van der Waals surface area contributed by atoms with Gasteiger partial charge in [0, 0.05) is 12.1 Å².